The smallest absolute Gasteiger partial charge is 0.233 e. The van der Waals surface area contributed by atoms with Gasteiger partial charge >= 0.3 is 0 Å². The van der Waals surface area contributed by atoms with Crippen molar-refractivity contribution in [2.75, 3.05) is 23.8 Å². The van der Waals surface area contributed by atoms with Gasteiger partial charge in [-0.15, -0.1) is 0 Å². The SMILES string of the molecule is Nc1ccc(CC(=O)N2CCCOc3ccccc32)nc1. The zero-order chi connectivity index (χ0) is 14.7. The summed E-state index contributed by atoms with van der Waals surface area (Å²) in [5.74, 6) is 0.777. The van der Waals surface area contributed by atoms with Crippen LogP contribution in [0.2, 0.25) is 0 Å². The van der Waals surface area contributed by atoms with Crippen LogP contribution in [0.25, 0.3) is 0 Å². The number of anilines is 2. The first-order valence-electron chi connectivity index (χ1n) is 6.96. The van der Waals surface area contributed by atoms with Crippen molar-refractivity contribution in [3.8, 4) is 5.75 Å². The van der Waals surface area contributed by atoms with Crippen LogP contribution >= 0.6 is 0 Å². The Morgan fingerprint density at radius 2 is 2.14 bits per heavy atom. The van der Waals surface area contributed by atoms with Gasteiger partial charge in [0.05, 0.1) is 30.6 Å². The van der Waals surface area contributed by atoms with E-state index < -0.39 is 0 Å². The molecule has 0 atom stereocenters. The number of ether oxygens (including phenoxy) is 1. The molecule has 1 aliphatic heterocycles. The summed E-state index contributed by atoms with van der Waals surface area (Å²) >= 11 is 0. The maximum absolute atomic E-state index is 12.6. The van der Waals surface area contributed by atoms with Gasteiger partial charge in [-0.1, -0.05) is 12.1 Å². The molecule has 108 valence electrons. The minimum absolute atomic E-state index is 0.0187. The van der Waals surface area contributed by atoms with Gasteiger partial charge in [-0.25, -0.2) is 0 Å². The largest absolute Gasteiger partial charge is 0.491 e. The van der Waals surface area contributed by atoms with Gasteiger partial charge in [0.15, 0.2) is 0 Å². The average molecular weight is 283 g/mol. The van der Waals surface area contributed by atoms with Gasteiger partial charge in [-0.2, -0.15) is 0 Å². The summed E-state index contributed by atoms with van der Waals surface area (Å²) in [7, 11) is 0. The number of pyridine rings is 1. The van der Waals surface area contributed by atoms with Crippen molar-refractivity contribution in [1.82, 2.24) is 4.98 Å². The van der Waals surface area contributed by atoms with Crippen LogP contribution in [-0.2, 0) is 11.2 Å². The minimum Gasteiger partial charge on any atom is -0.491 e. The number of carbonyl (C=O) groups is 1. The first-order valence-corrected chi connectivity index (χ1v) is 6.96. The van der Waals surface area contributed by atoms with Gasteiger partial charge < -0.3 is 15.4 Å². The number of carbonyl (C=O) groups excluding carboxylic acids is 1. The quantitative estimate of drug-likeness (QED) is 0.915. The summed E-state index contributed by atoms with van der Waals surface area (Å²) in [6, 6.07) is 11.2. The molecule has 2 N–H and O–H groups in total. The monoisotopic (exact) mass is 283 g/mol. The number of benzene rings is 1. The summed E-state index contributed by atoms with van der Waals surface area (Å²) < 4.78 is 5.67. The number of fused-ring (bicyclic) bond motifs is 1. The van der Waals surface area contributed by atoms with E-state index in [1.54, 1.807) is 23.2 Å². The van der Waals surface area contributed by atoms with Gasteiger partial charge in [-0.05, 0) is 30.7 Å². The van der Waals surface area contributed by atoms with E-state index in [1.807, 2.05) is 24.3 Å². The zero-order valence-electron chi connectivity index (χ0n) is 11.7. The number of amides is 1. The molecule has 21 heavy (non-hydrogen) atoms. The molecule has 0 bridgehead atoms. The minimum atomic E-state index is 0.0187. The highest BCUT2D eigenvalue weighted by atomic mass is 16.5. The van der Waals surface area contributed by atoms with Crippen molar-refractivity contribution < 1.29 is 9.53 Å². The fraction of sp³-hybridized carbons (Fsp3) is 0.250. The van der Waals surface area contributed by atoms with E-state index >= 15 is 0 Å². The van der Waals surface area contributed by atoms with E-state index in [9.17, 15) is 4.79 Å². The van der Waals surface area contributed by atoms with Crippen LogP contribution in [0.5, 0.6) is 5.75 Å². The standard InChI is InChI=1S/C16H17N3O2/c17-12-6-7-13(18-11-12)10-16(20)19-8-3-9-21-15-5-2-1-4-14(15)19/h1-2,4-7,11H,3,8-10,17H2. The molecule has 0 unspecified atom stereocenters. The molecule has 0 radical (unpaired) electrons. The highest BCUT2D eigenvalue weighted by Crippen LogP contribution is 2.30. The first-order chi connectivity index (χ1) is 10.2. The molecule has 0 fully saturated rings. The predicted octanol–water partition coefficient (Wildman–Crippen LogP) is 2.02. The lowest BCUT2D eigenvalue weighted by Gasteiger charge is -2.21. The van der Waals surface area contributed by atoms with E-state index in [2.05, 4.69) is 4.98 Å². The Morgan fingerprint density at radius 3 is 2.95 bits per heavy atom. The molecule has 2 heterocycles. The third-order valence-electron chi connectivity index (χ3n) is 3.42. The Kier molecular flexibility index (Phi) is 3.73. The van der Waals surface area contributed by atoms with Crippen LogP contribution in [0.1, 0.15) is 12.1 Å². The van der Waals surface area contributed by atoms with Gasteiger partial charge in [-0.3, -0.25) is 9.78 Å². The van der Waals surface area contributed by atoms with Gasteiger partial charge in [0.2, 0.25) is 5.91 Å². The Labute approximate surface area is 123 Å². The number of para-hydroxylation sites is 2. The maximum Gasteiger partial charge on any atom is 0.233 e. The van der Waals surface area contributed by atoms with Crippen LogP contribution in [0.3, 0.4) is 0 Å². The molecule has 5 nitrogen and oxygen atoms in total. The molecule has 3 rings (SSSR count). The summed E-state index contributed by atoms with van der Waals surface area (Å²) in [6.45, 7) is 1.28. The summed E-state index contributed by atoms with van der Waals surface area (Å²) in [4.78, 5) is 18.5. The van der Waals surface area contributed by atoms with Crippen LogP contribution in [-0.4, -0.2) is 24.0 Å². The summed E-state index contributed by atoms with van der Waals surface area (Å²) in [6.07, 6.45) is 2.65. The molecule has 5 heteroatoms. The summed E-state index contributed by atoms with van der Waals surface area (Å²) in [5, 5.41) is 0. The van der Waals surface area contributed by atoms with Crippen molar-refractivity contribution in [3.63, 3.8) is 0 Å². The number of aromatic nitrogens is 1. The Hall–Kier alpha value is -2.56. The summed E-state index contributed by atoms with van der Waals surface area (Å²) in [5.41, 5.74) is 7.76. The van der Waals surface area contributed by atoms with E-state index in [0.29, 0.717) is 18.8 Å². The second kappa shape index (κ2) is 5.83. The lowest BCUT2D eigenvalue weighted by molar-refractivity contribution is -0.118. The highest BCUT2D eigenvalue weighted by Gasteiger charge is 2.22. The van der Waals surface area contributed by atoms with E-state index in [-0.39, 0.29) is 12.3 Å². The van der Waals surface area contributed by atoms with Gasteiger partial charge in [0.25, 0.3) is 0 Å². The molecular formula is C16H17N3O2. The van der Waals surface area contributed by atoms with Crippen molar-refractivity contribution in [3.05, 3.63) is 48.3 Å². The fourth-order valence-corrected chi connectivity index (χ4v) is 2.38. The van der Waals surface area contributed by atoms with Crippen molar-refractivity contribution in [1.29, 1.82) is 0 Å². The Morgan fingerprint density at radius 1 is 1.29 bits per heavy atom. The third-order valence-corrected chi connectivity index (χ3v) is 3.42. The second-order valence-corrected chi connectivity index (χ2v) is 4.97. The molecule has 0 saturated heterocycles. The van der Waals surface area contributed by atoms with Crippen LogP contribution in [0.15, 0.2) is 42.6 Å². The zero-order valence-corrected chi connectivity index (χ0v) is 11.7. The third kappa shape index (κ3) is 2.97. The molecule has 0 spiro atoms. The van der Waals surface area contributed by atoms with Crippen LogP contribution < -0.4 is 15.4 Å². The highest BCUT2D eigenvalue weighted by molar-refractivity contribution is 5.96. The van der Waals surface area contributed by atoms with Crippen molar-refractivity contribution in [2.45, 2.75) is 12.8 Å². The number of rotatable bonds is 2. The molecule has 2 aromatic rings. The predicted molar refractivity (Wildman–Crippen MR) is 81.3 cm³/mol. The van der Waals surface area contributed by atoms with Gasteiger partial charge in [0.1, 0.15) is 5.75 Å². The number of hydrogen-bond acceptors (Lipinski definition) is 4. The van der Waals surface area contributed by atoms with Crippen molar-refractivity contribution >= 4 is 17.3 Å². The van der Waals surface area contributed by atoms with Crippen molar-refractivity contribution in [2.24, 2.45) is 0 Å². The Balaban J connectivity index is 1.82. The topological polar surface area (TPSA) is 68.5 Å². The lowest BCUT2D eigenvalue weighted by atomic mass is 10.2. The number of hydrogen-bond donors (Lipinski definition) is 1. The number of nitrogen functional groups attached to an aromatic ring is 1. The number of nitrogens with zero attached hydrogens (tertiary/aromatic N) is 2. The van der Waals surface area contributed by atoms with Crippen LogP contribution in [0, 0.1) is 0 Å². The lowest BCUT2D eigenvalue weighted by Crippen LogP contribution is -2.33. The molecule has 1 amide bonds. The van der Waals surface area contributed by atoms with Gasteiger partial charge in [0, 0.05) is 12.2 Å². The van der Waals surface area contributed by atoms with E-state index in [4.69, 9.17) is 10.5 Å². The average Bonchev–Trinajstić information content (AvgIpc) is 2.72. The number of nitrogens with two attached hydrogens (primary N) is 1. The molecule has 1 aliphatic rings. The molecule has 1 aromatic heterocycles. The van der Waals surface area contributed by atoms with E-state index in [1.165, 1.54) is 0 Å². The molecule has 0 aliphatic carbocycles. The second-order valence-electron chi connectivity index (χ2n) is 4.97. The Bertz CT molecular complexity index is 640. The molecular weight excluding hydrogens is 266 g/mol. The fourth-order valence-electron chi connectivity index (χ4n) is 2.38. The van der Waals surface area contributed by atoms with E-state index in [0.717, 1.165) is 23.6 Å². The first kappa shape index (κ1) is 13.4. The maximum atomic E-state index is 12.6. The van der Waals surface area contributed by atoms with Crippen LogP contribution in [0.4, 0.5) is 11.4 Å². The normalized spacial score (nSPS) is 14.0. The molecule has 1 aromatic carbocycles. The molecule has 0 saturated carbocycles.